The van der Waals surface area contributed by atoms with Crippen LogP contribution in [0.2, 0.25) is 0 Å². The van der Waals surface area contributed by atoms with Gasteiger partial charge in [-0.1, -0.05) is 12.1 Å². The van der Waals surface area contributed by atoms with Crippen LogP contribution in [-0.2, 0) is 0 Å². The van der Waals surface area contributed by atoms with E-state index >= 15 is 0 Å². The summed E-state index contributed by atoms with van der Waals surface area (Å²) < 4.78 is 20.7. The summed E-state index contributed by atoms with van der Waals surface area (Å²) in [6.07, 6.45) is 9.39. The largest absolute Gasteiger partial charge is 0.493 e. The summed E-state index contributed by atoms with van der Waals surface area (Å²) in [6, 6.07) is 4.85. The minimum absolute atomic E-state index is 0.0426. The summed E-state index contributed by atoms with van der Waals surface area (Å²) >= 11 is 1.45. The molecule has 0 fully saturated rings. The van der Waals surface area contributed by atoms with Crippen LogP contribution in [0.25, 0.3) is 27.5 Å². The van der Waals surface area contributed by atoms with Gasteiger partial charge in [-0.3, -0.25) is 10.1 Å². The van der Waals surface area contributed by atoms with Gasteiger partial charge >= 0.3 is 0 Å². The Balaban J connectivity index is 1.73. The van der Waals surface area contributed by atoms with E-state index in [1.54, 1.807) is 12.1 Å². The predicted molar refractivity (Wildman–Crippen MR) is 114 cm³/mol. The van der Waals surface area contributed by atoms with E-state index in [-0.39, 0.29) is 6.04 Å². The SMILES string of the molecule is CCOc1cccc(F)c1-c1nc(C2=C3C=CC=CN3NC2C)sc1-c1ncn[nH]1. The molecule has 1 atom stereocenters. The topological polar surface area (TPSA) is 79.0 Å². The first kappa shape index (κ1) is 18.7. The van der Waals surface area contributed by atoms with Crippen LogP contribution < -0.4 is 10.2 Å². The zero-order valence-corrected chi connectivity index (χ0v) is 17.2. The number of hydrogen-bond donors (Lipinski definition) is 2. The van der Waals surface area contributed by atoms with Gasteiger partial charge in [0.1, 0.15) is 22.9 Å². The fraction of sp³-hybridized carbons (Fsp3) is 0.190. The van der Waals surface area contributed by atoms with Crippen molar-refractivity contribution in [2.24, 2.45) is 0 Å². The molecule has 0 saturated carbocycles. The van der Waals surface area contributed by atoms with Crippen LogP contribution in [0.4, 0.5) is 4.39 Å². The molecule has 152 valence electrons. The van der Waals surface area contributed by atoms with E-state index in [0.29, 0.717) is 34.3 Å². The van der Waals surface area contributed by atoms with Gasteiger partial charge in [0.2, 0.25) is 0 Å². The monoisotopic (exact) mass is 422 g/mol. The molecule has 30 heavy (non-hydrogen) atoms. The van der Waals surface area contributed by atoms with E-state index in [0.717, 1.165) is 16.3 Å². The van der Waals surface area contributed by atoms with E-state index in [1.165, 1.54) is 23.7 Å². The number of aromatic nitrogens is 4. The summed E-state index contributed by atoms with van der Waals surface area (Å²) in [5.74, 6) is 0.600. The second kappa shape index (κ2) is 7.51. The summed E-state index contributed by atoms with van der Waals surface area (Å²) in [5.41, 5.74) is 6.28. The molecule has 0 amide bonds. The van der Waals surface area contributed by atoms with Crippen molar-refractivity contribution in [3.63, 3.8) is 0 Å². The zero-order valence-electron chi connectivity index (χ0n) is 16.4. The third-order valence-electron chi connectivity index (χ3n) is 4.90. The average molecular weight is 422 g/mol. The summed E-state index contributed by atoms with van der Waals surface area (Å²) in [6.45, 7) is 4.37. The van der Waals surface area contributed by atoms with Crippen molar-refractivity contribution in [1.82, 2.24) is 30.6 Å². The number of fused-ring (bicyclic) bond motifs is 1. The molecule has 1 aromatic carbocycles. The first-order chi connectivity index (χ1) is 14.7. The van der Waals surface area contributed by atoms with Crippen molar-refractivity contribution in [3.05, 3.63) is 65.5 Å². The number of thiazole rings is 1. The fourth-order valence-electron chi connectivity index (χ4n) is 3.66. The Bertz CT molecular complexity index is 1180. The molecule has 1 unspecified atom stereocenters. The molecule has 2 aromatic heterocycles. The smallest absolute Gasteiger partial charge is 0.167 e. The molecule has 0 saturated heterocycles. The number of aromatic amines is 1. The van der Waals surface area contributed by atoms with Gasteiger partial charge in [0.05, 0.1) is 34.5 Å². The van der Waals surface area contributed by atoms with Gasteiger partial charge < -0.3 is 4.74 Å². The number of H-pyrrole nitrogens is 1. The Labute approximate surface area is 176 Å². The molecule has 2 N–H and O–H groups in total. The van der Waals surface area contributed by atoms with Crippen LogP contribution in [0.3, 0.4) is 0 Å². The Morgan fingerprint density at radius 2 is 2.20 bits per heavy atom. The highest BCUT2D eigenvalue weighted by atomic mass is 32.1. The number of hydrazine groups is 1. The Morgan fingerprint density at radius 3 is 3.00 bits per heavy atom. The fourth-order valence-corrected chi connectivity index (χ4v) is 4.82. The normalized spacial score (nSPS) is 17.7. The van der Waals surface area contributed by atoms with Gasteiger partial charge in [-0.05, 0) is 38.1 Å². The van der Waals surface area contributed by atoms with Crippen LogP contribution in [0.5, 0.6) is 5.75 Å². The molecular formula is C21H19FN6OS. The van der Waals surface area contributed by atoms with Crippen LogP contribution in [0, 0.1) is 5.82 Å². The van der Waals surface area contributed by atoms with Crippen molar-refractivity contribution in [1.29, 1.82) is 0 Å². The second-order valence-electron chi connectivity index (χ2n) is 6.80. The zero-order chi connectivity index (χ0) is 20.7. The Morgan fingerprint density at radius 1 is 1.30 bits per heavy atom. The van der Waals surface area contributed by atoms with E-state index in [4.69, 9.17) is 9.72 Å². The molecule has 9 heteroatoms. The molecule has 0 spiro atoms. The lowest BCUT2D eigenvalue weighted by atomic mass is 10.1. The maximum absolute atomic E-state index is 15.0. The molecule has 2 aliphatic rings. The van der Waals surface area contributed by atoms with Crippen molar-refractivity contribution in [2.45, 2.75) is 19.9 Å². The first-order valence-electron chi connectivity index (χ1n) is 9.60. The number of rotatable bonds is 5. The summed E-state index contributed by atoms with van der Waals surface area (Å²) in [5, 5.41) is 9.62. The minimum atomic E-state index is -0.393. The highest BCUT2D eigenvalue weighted by molar-refractivity contribution is 7.16. The third-order valence-corrected chi connectivity index (χ3v) is 6.00. The van der Waals surface area contributed by atoms with E-state index in [2.05, 4.69) is 27.5 Å². The van der Waals surface area contributed by atoms with Gasteiger partial charge in [-0.2, -0.15) is 5.10 Å². The highest BCUT2D eigenvalue weighted by Gasteiger charge is 2.32. The van der Waals surface area contributed by atoms with E-state index in [9.17, 15) is 4.39 Å². The molecule has 0 bridgehead atoms. The summed E-state index contributed by atoms with van der Waals surface area (Å²) in [4.78, 5) is 9.89. The third kappa shape index (κ3) is 3.03. The van der Waals surface area contributed by atoms with Gasteiger partial charge in [0.15, 0.2) is 5.82 Å². The molecule has 5 rings (SSSR count). The van der Waals surface area contributed by atoms with E-state index < -0.39 is 5.82 Å². The average Bonchev–Trinajstić information content (AvgIpc) is 3.45. The molecule has 4 heterocycles. The number of halogens is 1. The standard InChI is InChI=1S/C21H19FN6OS/c1-3-29-15-9-6-7-13(22)17(15)18-19(20-23-11-24-26-20)30-21(25-18)16-12(2)27-28-10-5-4-8-14(16)28/h4-12,27H,3H2,1-2H3,(H,23,24,26). The van der Waals surface area contributed by atoms with Crippen molar-refractivity contribution in [3.8, 4) is 27.7 Å². The Kier molecular flexibility index (Phi) is 4.68. The lowest BCUT2D eigenvalue weighted by molar-refractivity contribution is 0.340. The highest BCUT2D eigenvalue weighted by Crippen LogP contribution is 2.44. The lowest BCUT2D eigenvalue weighted by Gasteiger charge is -2.18. The maximum Gasteiger partial charge on any atom is 0.167 e. The molecular weight excluding hydrogens is 403 g/mol. The molecule has 0 radical (unpaired) electrons. The van der Waals surface area contributed by atoms with Crippen molar-refractivity contribution in [2.75, 3.05) is 6.61 Å². The molecule has 7 nitrogen and oxygen atoms in total. The quantitative estimate of drug-likeness (QED) is 0.644. The van der Waals surface area contributed by atoms with E-state index in [1.807, 2.05) is 36.4 Å². The number of nitrogens with zero attached hydrogens (tertiary/aromatic N) is 4. The summed E-state index contributed by atoms with van der Waals surface area (Å²) in [7, 11) is 0. The minimum Gasteiger partial charge on any atom is -0.493 e. The van der Waals surface area contributed by atoms with Gasteiger partial charge in [-0.15, -0.1) is 11.3 Å². The Hall–Kier alpha value is -3.30. The maximum atomic E-state index is 15.0. The lowest BCUT2D eigenvalue weighted by Crippen LogP contribution is -2.32. The van der Waals surface area contributed by atoms with Crippen molar-refractivity contribution >= 4 is 16.9 Å². The molecule has 2 aliphatic heterocycles. The first-order valence-corrected chi connectivity index (χ1v) is 10.4. The van der Waals surface area contributed by atoms with Gasteiger partial charge in [0.25, 0.3) is 0 Å². The number of hydrogen-bond acceptors (Lipinski definition) is 7. The predicted octanol–water partition coefficient (Wildman–Crippen LogP) is 4.14. The number of benzene rings is 1. The number of allylic oxidation sites excluding steroid dienone is 3. The van der Waals surface area contributed by atoms with Crippen molar-refractivity contribution < 1.29 is 9.13 Å². The second-order valence-corrected chi connectivity index (χ2v) is 7.80. The number of nitrogens with one attached hydrogen (secondary N) is 2. The van der Waals surface area contributed by atoms with Crippen LogP contribution in [-0.4, -0.2) is 37.8 Å². The van der Waals surface area contributed by atoms with Gasteiger partial charge in [0, 0.05) is 11.8 Å². The molecule has 3 aromatic rings. The molecule has 0 aliphatic carbocycles. The van der Waals surface area contributed by atoms with Gasteiger partial charge in [-0.25, -0.2) is 19.8 Å². The van der Waals surface area contributed by atoms with Crippen LogP contribution in [0.15, 0.2) is 54.7 Å². The van der Waals surface area contributed by atoms with Crippen LogP contribution in [0.1, 0.15) is 18.9 Å². The van der Waals surface area contributed by atoms with Crippen LogP contribution >= 0.6 is 11.3 Å². The number of ether oxygens (including phenoxy) is 1.